The Morgan fingerprint density at radius 2 is 1.95 bits per heavy atom. The predicted octanol–water partition coefficient (Wildman–Crippen LogP) is 2.82. The minimum atomic E-state index is -0.0110. The van der Waals surface area contributed by atoms with Crippen LogP contribution in [0.15, 0.2) is 36.5 Å². The van der Waals surface area contributed by atoms with E-state index in [0.717, 1.165) is 22.8 Å². The molecule has 1 aromatic carbocycles. The first-order valence-corrected chi connectivity index (χ1v) is 6.84. The highest BCUT2D eigenvalue weighted by Crippen LogP contribution is 2.33. The lowest BCUT2D eigenvalue weighted by Crippen LogP contribution is -2.20. The Morgan fingerprint density at radius 1 is 1.15 bits per heavy atom. The molecule has 0 aliphatic carbocycles. The number of hydrogen-bond acceptors (Lipinski definition) is 4. The maximum atomic E-state index is 5.88. The van der Waals surface area contributed by atoms with Crippen molar-refractivity contribution in [1.82, 2.24) is 10.3 Å². The molecular weight excluding hydrogens is 276 g/mol. The van der Waals surface area contributed by atoms with E-state index < -0.39 is 0 Å². The molecule has 104 valence electrons. The van der Waals surface area contributed by atoms with E-state index in [0.29, 0.717) is 18.2 Å². The summed E-state index contributed by atoms with van der Waals surface area (Å²) in [6, 6.07) is 9.69. The van der Waals surface area contributed by atoms with Crippen molar-refractivity contribution >= 4 is 11.6 Å². The normalized spacial score (nSPS) is 14.9. The van der Waals surface area contributed by atoms with Gasteiger partial charge in [0.1, 0.15) is 13.2 Å². The zero-order chi connectivity index (χ0) is 13.9. The molecule has 0 bridgehead atoms. The lowest BCUT2D eigenvalue weighted by Gasteiger charge is -2.21. The first-order chi connectivity index (χ1) is 9.78. The average molecular weight is 291 g/mol. The van der Waals surface area contributed by atoms with E-state index in [1.165, 1.54) is 0 Å². The minimum absolute atomic E-state index is 0.0110. The third-order valence-corrected chi connectivity index (χ3v) is 3.46. The Hall–Kier alpha value is -1.78. The smallest absolute Gasteiger partial charge is 0.161 e. The van der Waals surface area contributed by atoms with E-state index in [9.17, 15) is 0 Å². The van der Waals surface area contributed by atoms with E-state index in [2.05, 4.69) is 10.3 Å². The molecule has 0 spiro atoms. The molecule has 2 aromatic rings. The van der Waals surface area contributed by atoms with Crippen molar-refractivity contribution in [1.29, 1.82) is 0 Å². The van der Waals surface area contributed by atoms with Crippen LogP contribution in [0.25, 0.3) is 0 Å². The second kappa shape index (κ2) is 5.69. The molecular formula is C15H15ClN2O2. The van der Waals surface area contributed by atoms with Crippen LogP contribution in [0.1, 0.15) is 17.3 Å². The predicted molar refractivity (Wildman–Crippen MR) is 77.6 cm³/mol. The number of nitrogens with zero attached hydrogens (tertiary/aromatic N) is 1. The van der Waals surface area contributed by atoms with E-state index in [1.54, 1.807) is 6.20 Å². The monoisotopic (exact) mass is 290 g/mol. The van der Waals surface area contributed by atoms with Crippen molar-refractivity contribution in [2.24, 2.45) is 0 Å². The van der Waals surface area contributed by atoms with Crippen LogP contribution in [0, 0.1) is 0 Å². The summed E-state index contributed by atoms with van der Waals surface area (Å²) in [4.78, 5) is 4.37. The standard InChI is InChI=1S/C15H15ClN2O2/c1-17-15(12-4-3-11(16)9-18-12)10-2-5-13-14(8-10)20-7-6-19-13/h2-5,8-9,15,17H,6-7H2,1H3. The van der Waals surface area contributed by atoms with Crippen molar-refractivity contribution < 1.29 is 9.47 Å². The lowest BCUT2D eigenvalue weighted by molar-refractivity contribution is 0.171. The first-order valence-electron chi connectivity index (χ1n) is 6.46. The van der Waals surface area contributed by atoms with Gasteiger partial charge >= 0.3 is 0 Å². The summed E-state index contributed by atoms with van der Waals surface area (Å²) in [5.41, 5.74) is 1.99. The largest absolute Gasteiger partial charge is 0.486 e. The van der Waals surface area contributed by atoms with Crippen LogP contribution in [-0.2, 0) is 0 Å². The molecule has 1 atom stereocenters. The molecule has 0 radical (unpaired) electrons. The molecule has 0 saturated carbocycles. The van der Waals surface area contributed by atoms with Crippen LogP contribution in [-0.4, -0.2) is 25.2 Å². The molecule has 20 heavy (non-hydrogen) atoms. The number of aromatic nitrogens is 1. The average Bonchev–Trinajstić information content (AvgIpc) is 2.50. The van der Waals surface area contributed by atoms with Crippen molar-refractivity contribution in [2.45, 2.75) is 6.04 Å². The summed E-state index contributed by atoms with van der Waals surface area (Å²) < 4.78 is 11.2. The summed E-state index contributed by atoms with van der Waals surface area (Å²) >= 11 is 5.88. The van der Waals surface area contributed by atoms with Crippen LogP contribution in [0.4, 0.5) is 0 Å². The maximum Gasteiger partial charge on any atom is 0.161 e. The number of pyridine rings is 1. The molecule has 1 aromatic heterocycles. The molecule has 4 nitrogen and oxygen atoms in total. The second-order valence-corrected chi connectivity index (χ2v) is 4.96. The molecule has 1 aliphatic heterocycles. The Balaban J connectivity index is 1.94. The highest BCUT2D eigenvalue weighted by Gasteiger charge is 2.18. The summed E-state index contributed by atoms with van der Waals surface area (Å²) in [7, 11) is 1.90. The van der Waals surface area contributed by atoms with E-state index in [4.69, 9.17) is 21.1 Å². The molecule has 3 rings (SSSR count). The molecule has 0 saturated heterocycles. The Labute approximate surface area is 122 Å². The molecule has 1 aliphatic rings. The molecule has 2 heterocycles. The van der Waals surface area contributed by atoms with Gasteiger partial charge in [-0.25, -0.2) is 0 Å². The van der Waals surface area contributed by atoms with Gasteiger partial charge < -0.3 is 14.8 Å². The Bertz CT molecular complexity index is 601. The van der Waals surface area contributed by atoms with Gasteiger partial charge in [-0.15, -0.1) is 0 Å². The zero-order valence-electron chi connectivity index (χ0n) is 11.1. The molecule has 0 fully saturated rings. The van der Waals surface area contributed by atoms with Crippen LogP contribution in [0.2, 0.25) is 5.02 Å². The number of fused-ring (bicyclic) bond motifs is 1. The van der Waals surface area contributed by atoms with Crippen molar-refractivity contribution in [3.05, 3.63) is 52.8 Å². The number of benzene rings is 1. The van der Waals surface area contributed by atoms with Gasteiger partial charge in [0, 0.05) is 6.20 Å². The summed E-state index contributed by atoms with van der Waals surface area (Å²) in [5, 5.41) is 3.89. The van der Waals surface area contributed by atoms with Gasteiger partial charge in [0.15, 0.2) is 11.5 Å². The molecule has 0 amide bonds. The third-order valence-electron chi connectivity index (χ3n) is 3.23. The Kier molecular flexibility index (Phi) is 3.76. The number of halogens is 1. The summed E-state index contributed by atoms with van der Waals surface area (Å²) in [6.07, 6.45) is 1.65. The van der Waals surface area contributed by atoms with Gasteiger partial charge in [-0.2, -0.15) is 0 Å². The molecule has 1 N–H and O–H groups in total. The number of hydrogen-bond donors (Lipinski definition) is 1. The van der Waals surface area contributed by atoms with Crippen LogP contribution < -0.4 is 14.8 Å². The molecule has 5 heteroatoms. The Morgan fingerprint density at radius 3 is 2.65 bits per heavy atom. The van der Waals surface area contributed by atoms with Gasteiger partial charge in [0.05, 0.1) is 16.8 Å². The highest BCUT2D eigenvalue weighted by atomic mass is 35.5. The number of rotatable bonds is 3. The van der Waals surface area contributed by atoms with E-state index in [1.807, 2.05) is 37.4 Å². The number of ether oxygens (including phenoxy) is 2. The molecule has 1 unspecified atom stereocenters. The zero-order valence-corrected chi connectivity index (χ0v) is 11.9. The van der Waals surface area contributed by atoms with Gasteiger partial charge in [0.25, 0.3) is 0 Å². The van der Waals surface area contributed by atoms with Crippen LogP contribution in [0.5, 0.6) is 11.5 Å². The lowest BCUT2D eigenvalue weighted by atomic mass is 10.0. The summed E-state index contributed by atoms with van der Waals surface area (Å²) in [5.74, 6) is 1.57. The SMILES string of the molecule is CNC(c1ccc2c(c1)OCCO2)c1ccc(Cl)cn1. The van der Waals surface area contributed by atoms with Crippen molar-refractivity contribution in [3.63, 3.8) is 0 Å². The highest BCUT2D eigenvalue weighted by molar-refractivity contribution is 6.30. The fourth-order valence-electron chi connectivity index (χ4n) is 2.28. The van der Waals surface area contributed by atoms with E-state index in [-0.39, 0.29) is 6.04 Å². The van der Waals surface area contributed by atoms with Gasteiger partial charge in [0.2, 0.25) is 0 Å². The minimum Gasteiger partial charge on any atom is -0.486 e. The van der Waals surface area contributed by atoms with Crippen molar-refractivity contribution in [3.8, 4) is 11.5 Å². The first kappa shape index (κ1) is 13.2. The van der Waals surface area contributed by atoms with Gasteiger partial charge in [-0.1, -0.05) is 17.7 Å². The summed E-state index contributed by atoms with van der Waals surface area (Å²) in [6.45, 7) is 1.18. The third kappa shape index (κ3) is 2.57. The fraction of sp³-hybridized carbons (Fsp3) is 0.267. The quantitative estimate of drug-likeness (QED) is 0.944. The van der Waals surface area contributed by atoms with Gasteiger partial charge in [-0.05, 0) is 36.9 Å². The van der Waals surface area contributed by atoms with Gasteiger partial charge in [-0.3, -0.25) is 4.98 Å². The van der Waals surface area contributed by atoms with Crippen LogP contribution in [0.3, 0.4) is 0 Å². The van der Waals surface area contributed by atoms with Crippen molar-refractivity contribution in [2.75, 3.05) is 20.3 Å². The topological polar surface area (TPSA) is 43.4 Å². The van der Waals surface area contributed by atoms with E-state index >= 15 is 0 Å². The maximum absolute atomic E-state index is 5.88. The second-order valence-electron chi connectivity index (χ2n) is 4.53. The van der Waals surface area contributed by atoms with Crippen LogP contribution >= 0.6 is 11.6 Å². The number of nitrogens with one attached hydrogen (secondary N) is 1. The fourth-order valence-corrected chi connectivity index (χ4v) is 2.39.